The zero-order valence-electron chi connectivity index (χ0n) is 14.6. The SMILES string of the molecule is CCOc1ccc(-c2noc(-c3csc([C@@H]4C[C@H](O)[C@@H](CO)O4)n3)n2)cc1. The Morgan fingerprint density at radius 1 is 1.26 bits per heavy atom. The van der Waals surface area contributed by atoms with Gasteiger partial charge in [-0.25, -0.2) is 4.98 Å². The molecule has 1 saturated heterocycles. The van der Waals surface area contributed by atoms with E-state index in [0.29, 0.717) is 35.4 Å². The zero-order valence-corrected chi connectivity index (χ0v) is 15.4. The maximum Gasteiger partial charge on any atom is 0.277 e. The molecule has 0 unspecified atom stereocenters. The first kappa shape index (κ1) is 18.1. The summed E-state index contributed by atoms with van der Waals surface area (Å²) in [6, 6.07) is 7.45. The summed E-state index contributed by atoms with van der Waals surface area (Å²) in [5, 5.41) is 25.6. The molecule has 1 aromatic carbocycles. The zero-order chi connectivity index (χ0) is 18.8. The van der Waals surface area contributed by atoms with Gasteiger partial charge in [-0.2, -0.15) is 4.98 Å². The van der Waals surface area contributed by atoms with E-state index in [0.717, 1.165) is 11.3 Å². The number of benzene rings is 1. The summed E-state index contributed by atoms with van der Waals surface area (Å²) < 4.78 is 16.4. The topological polar surface area (TPSA) is 111 Å². The second-order valence-electron chi connectivity index (χ2n) is 6.10. The van der Waals surface area contributed by atoms with Crippen molar-refractivity contribution in [3.05, 3.63) is 34.7 Å². The third kappa shape index (κ3) is 3.72. The third-order valence-electron chi connectivity index (χ3n) is 4.27. The molecular weight excluding hydrogens is 370 g/mol. The van der Waals surface area contributed by atoms with E-state index in [-0.39, 0.29) is 12.7 Å². The molecule has 0 aliphatic carbocycles. The van der Waals surface area contributed by atoms with Crippen molar-refractivity contribution in [2.24, 2.45) is 0 Å². The monoisotopic (exact) mass is 389 g/mol. The lowest BCUT2D eigenvalue weighted by molar-refractivity contribution is -0.0225. The van der Waals surface area contributed by atoms with Gasteiger partial charge in [0.05, 0.1) is 19.3 Å². The van der Waals surface area contributed by atoms with Crippen molar-refractivity contribution in [1.82, 2.24) is 15.1 Å². The lowest BCUT2D eigenvalue weighted by atomic mass is 10.1. The van der Waals surface area contributed by atoms with Crippen molar-refractivity contribution in [1.29, 1.82) is 0 Å². The summed E-state index contributed by atoms with van der Waals surface area (Å²) in [6.45, 7) is 2.33. The molecule has 3 atom stereocenters. The second kappa shape index (κ2) is 7.73. The van der Waals surface area contributed by atoms with Crippen LogP contribution in [0.25, 0.3) is 23.0 Å². The van der Waals surface area contributed by atoms with Crippen molar-refractivity contribution >= 4 is 11.3 Å². The molecule has 1 aliphatic heterocycles. The molecular formula is C18H19N3O5S. The van der Waals surface area contributed by atoms with Gasteiger partial charge in [0, 0.05) is 17.4 Å². The Labute approximate surface area is 159 Å². The van der Waals surface area contributed by atoms with E-state index in [9.17, 15) is 10.2 Å². The van der Waals surface area contributed by atoms with Gasteiger partial charge in [-0.1, -0.05) is 5.16 Å². The Morgan fingerprint density at radius 3 is 2.78 bits per heavy atom. The minimum Gasteiger partial charge on any atom is -0.494 e. The van der Waals surface area contributed by atoms with Gasteiger partial charge < -0.3 is 24.2 Å². The maximum atomic E-state index is 9.87. The van der Waals surface area contributed by atoms with Crippen LogP contribution in [0.15, 0.2) is 34.2 Å². The Kier molecular flexibility index (Phi) is 5.17. The number of hydrogen-bond donors (Lipinski definition) is 2. The van der Waals surface area contributed by atoms with Gasteiger partial charge in [0.25, 0.3) is 5.89 Å². The van der Waals surface area contributed by atoms with E-state index >= 15 is 0 Å². The van der Waals surface area contributed by atoms with Gasteiger partial charge in [0.15, 0.2) is 0 Å². The van der Waals surface area contributed by atoms with Gasteiger partial charge in [-0.3, -0.25) is 0 Å². The fraction of sp³-hybridized carbons (Fsp3) is 0.389. The molecule has 3 heterocycles. The molecule has 0 amide bonds. The van der Waals surface area contributed by atoms with E-state index in [1.54, 1.807) is 0 Å². The molecule has 1 aliphatic rings. The Hall–Kier alpha value is -2.33. The molecule has 0 saturated carbocycles. The molecule has 142 valence electrons. The molecule has 0 radical (unpaired) electrons. The number of aliphatic hydroxyl groups is 2. The van der Waals surface area contributed by atoms with Crippen molar-refractivity contribution in [3.8, 4) is 28.7 Å². The highest BCUT2D eigenvalue weighted by Gasteiger charge is 2.36. The van der Waals surface area contributed by atoms with Crippen LogP contribution in [0.5, 0.6) is 5.75 Å². The lowest BCUT2D eigenvalue weighted by Crippen LogP contribution is -2.24. The maximum absolute atomic E-state index is 9.87. The van der Waals surface area contributed by atoms with Crippen LogP contribution in [-0.2, 0) is 4.74 Å². The van der Waals surface area contributed by atoms with Gasteiger partial charge in [0.2, 0.25) is 5.82 Å². The van der Waals surface area contributed by atoms with Crippen LogP contribution in [0.2, 0.25) is 0 Å². The molecule has 0 bridgehead atoms. The second-order valence-corrected chi connectivity index (χ2v) is 6.99. The van der Waals surface area contributed by atoms with Crippen molar-refractivity contribution in [2.75, 3.05) is 13.2 Å². The summed E-state index contributed by atoms with van der Waals surface area (Å²) >= 11 is 1.40. The predicted molar refractivity (Wildman–Crippen MR) is 97.3 cm³/mol. The molecule has 0 spiro atoms. The number of nitrogens with zero attached hydrogens (tertiary/aromatic N) is 3. The van der Waals surface area contributed by atoms with Crippen LogP contribution in [-0.4, -0.2) is 50.8 Å². The molecule has 4 rings (SSSR count). The highest BCUT2D eigenvalue weighted by molar-refractivity contribution is 7.10. The number of rotatable bonds is 6. The quantitative estimate of drug-likeness (QED) is 0.661. The average molecular weight is 389 g/mol. The van der Waals surface area contributed by atoms with Gasteiger partial charge in [0.1, 0.15) is 28.7 Å². The van der Waals surface area contributed by atoms with Crippen LogP contribution in [0.3, 0.4) is 0 Å². The van der Waals surface area contributed by atoms with Crippen molar-refractivity contribution in [3.63, 3.8) is 0 Å². The molecule has 1 fully saturated rings. The lowest BCUT2D eigenvalue weighted by Gasteiger charge is -2.09. The van der Waals surface area contributed by atoms with E-state index in [1.807, 2.05) is 36.6 Å². The summed E-state index contributed by atoms with van der Waals surface area (Å²) in [4.78, 5) is 8.90. The summed E-state index contributed by atoms with van der Waals surface area (Å²) in [5.41, 5.74) is 1.38. The van der Waals surface area contributed by atoms with E-state index in [4.69, 9.17) is 14.0 Å². The summed E-state index contributed by atoms with van der Waals surface area (Å²) in [5.74, 6) is 1.57. The van der Waals surface area contributed by atoms with Crippen LogP contribution < -0.4 is 4.74 Å². The smallest absolute Gasteiger partial charge is 0.277 e. The minimum atomic E-state index is -0.693. The largest absolute Gasteiger partial charge is 0.494 e. The summed E-state index contributed by atoms with van der Waals surface area (Å²) in [7, 11) is 0. The number of aromatic nitrogens is 3. The van der Waals surface area contributed by atoms with E-state index in [1.165, 1.54) is 11.3 Å². The minimum absolute atomic E-state index is 0.217. The van der Waals surface area contributed by atoms with Crippen LogP contribution >= 0.6 is 11.3 Å². The number of thiazole rings is 1. The number of aliphatic hydroxyl groups excluding tert-OH is 2. The Morgan fingerprint density at radius 2 is 2.07 bits per heavy atom. The highest BCUT2D eigenvalue weighted by Crippen LogP contribution is 2.36. The molecule has 27 heavy (non-hydrogen) atoms. The van der Waals surface area contributed by atoms with E-state index < -0.39 is 12.2 Å². The standard InChI is InChI=1S/C18H19N3O5S/c1-2-24-11-5-3-10(4-6-11)16-20-17(26-21-16)12-9-27-18(19-12)14-7-13(23)15(8-22)25-14/h3-6,9,13-15,22-23H,2,7-8H2,1H3/t13-,14-,15+/m0/s1. The molecule has 8 nitrogen and oxygen atoms in total. The normalized spacial score (nSPS) is 22.3. The third-order valence-corrected chi connectivity index (χ3v) is 5.21. The first-order chi connectivity index (χ1) is 13.2. The average Bonchev–Trinajstić information content (AvgIpc) is 3.41. The highest BCUT2D eigenvalue weighted by atomic mass is 32.1. The fourth-order valence-electron chi connectivity index (χ4n) is 2.90. The number of ether oxygens (including phenoxy) is 2. The molecule has 2 aromatic heterocycles. The van der Waals surface area contributed by atoms with Gasteiger partial charge in [-0.05, 0) is 31.2 Å². The predicted octanol–water partition coefficient (Wildman–Crippen LogP) is 2.44. The fourth-order valence-corrected chi connectivity index (χ4v) is 3.74. The summed E-state index contributed by atoms with van der Waals surface area (Å²) in [6.07, 6.45) is -1.21. The Balaban J connectivity index is 1.50. The van der Waals surface area contributed by atoms with E-state index in [2.05, 4.69) is 15.1 Å². The molecule has 2 N–H and O–H groups in total. The first-order valence-electron chi connectivity index (χ1n) is 8.65. The number of hydrogen-bond acceptors (Lipinski definition) is 9. The van der Waals surface area contributed by atoms with Crippen LogP contribution in [0.4, 0.5) is 0 Å². The van der Waals surface area contributed by atoms with Crippen molar-refractivity contribution in [2.45, 2.75) is 31.7 Å². The van der Waals surface area contributed by atoms with Crippen molar-refractivity contribution < 1.29 is 24.2 Å². The van der Waals surface area contributed by atoms with Crippen LogP contribution in [0.1, 0.15) is 24.5 Å². The van der Waals surface area contributed by atoms with Gasteiger partial charge in [-0.15, -0.1) is 11.3 Å². The Bertz CT molecular complexity index is 895. The molecule has 9 heteroatoms. The first-order valence-corrected chi connectivity index (χ1v) is 9.53. The van der Waals surface area contributed by atoms with Gasteiger partial charge >= 0.3 is 0 Å². The molecule has 3 aromatic rings. The van der Waals surface area contributed by atoms with Crippen LogP contribution in [0, 0.1) is 0 Å².